The minimum Gasteiger partial charge on any atom is -0.394 e. The molecular weight excluding hydrogens is 835 g/mol. The fraction of sp³-hybridized carbons (Fsp3) is 0.945. The van der Waals surface area contributed by atoms with Crippen LogP contribution in [-0.4, -0.2) is 110 Å². The Balaban J connectivity index is 2.32. The zero-order chi connectivity index (χ0) is 48.3. The molecule has 0 saturated carbocycles. The topological polar surface area (TPSA) is 189 Å². The lowest BCUT2D eigenvalue weighted by Crippen LogP contribution is -2.60. The lowest BCUT2D eigenvalue weighted by molar-refractivity contribution is -0.303. The quantitative estimate of drug-likeness (QED) is 0.0215. The van der Waals surface area contributed by atoms with Crippen LogP contribution in [0.5, 0.6) is 0 Å². The Labute approximate surface area is 404 Å². The molecule has 1 heterocycles. The van der Waals surface area contributed by atoms with Crippen molar-refractivity contribution in [1.29, 1.82) is 0 Å². The van der Waals surface area contributed by atoms with Gasteiger partial charge in [-0.2, -0.15) is 0 Å². The van der Waals surface area contributed by atoms with Gasteiger partial charge in [0.25, 0.3) is 0 Å². The highest BCUT2D eigenvalue weighted by Crippen LogP contribution is 2.23. The molecular formula is C55H107NO10. The highest BCUT2D eigenvalue weighted by Gasteiger charge is 2.44. The van der Waals surface area contributed by atoms with Crippen molar-refractivity contribution in [2.75, 3.05) is 13.2 Å². The number of carbonyl (C=O) groups excluding carboxylic acids is 1. The number of unbranched alkanes of at least 4 members (excludes halogenated alkanes) is 34. The number of allylic oxidation sites excluding steroid dienone is 2. The standard InChI is InChI=1S/C55H107NO10/c1-3-5-7-9-11-13-15-17-19-21-22-23-24-25-26-27-29-31-33-35-37-39-41-43-48(59)54(64)56-46(45-65-55-53(63)52(62)51(61)49(44-57)66-55)50(60)47(58)42-40-38-36-34-32-30-28-20-18-16-14-12-10-8-6-4-2/h25-26,46-53,55,57-63H,3-24,27-45H2,1-2H3,(H,56,64)/b26-25-. The number of hydrogen-bond donors (Lipinski definition) is 8. The van der Waals surface area contributed by atoms with E-state index in [0.717, 1.165) is 44.9 Å². The normalized spacial score (nSPS) is 20.8. The lowest BCUT2D eigenvalue weighted by atomic mass is 9.98. The van der Waals surface area contributed by atoms with Crippen molar-refractivity contribution in [1.82, 2.24) is 5.32 Å². The van der Waals surface area contributed by atoms with Crippen LogP contribution in [0.2, 0.25) is 0 Å². The van der Waals surface area contributed by atoms with E-state index < -0.39 is 74.2 Å². The molecule has 0 aromatic heterocycles. The third kappa shape index (κ3) is 33.4. The van der Waals surface area contributed by atoms with E-state index in [1.165, 1.54) is 180 Å². The number of aliphatic hydroxyl groups excluding tert-OH is 7. The van der Waals surface area contributed by atoms with Crippen LogP contribution in [0.1, 0.15) is 264 Å². The van der Waals surface area contributed by atoms with Crippen LogP contribution in [0.15, 0.2) is 12.2 Å². The van der Waals surface area contributed by atoms with Crippen molar-refractivity contribution in [3.05, 3.63) is 12.2 Å². The number of carbonyl (C=O) groups is 1. The molecule has 1 aliphatic heterocycles. The second-order valence-electron chi connectivity index (χ2n) is 20.0. The molecule has 1 saturated heterocycles. The fourth-order valence-corrected chi connectivity index (χ4v) is 9.20. The second kappa shape index (κ2) is 45.0. The van der Waals surface area contributed by atoms with Crippen LogP contribution in [0.25, 0.3) is 0 Å². The lowest BCUT2D eigenvalue weighted by Gasteiger charge is -2.40. The highest BCUT2D eigenvalue weighted by atomic mass is 16.7. The van der Waals surface area contributed by atoms with Gasteiger partial charge in [0.15, 0.2) is 6.29 Å². The number of hydrogen-bond acceptors (Lipinski definition) is 10. The maximum Gasteiger partial charge on any atom is 0.249 e. The minimum atomic E-state index is -1.66. The van der Waals surface area contributed by atoms with Gasteiger partial charge in [-0.25, -0.2) is 0 Å². The molecule has 0 radical (unpaired) electrons. The van der Waals surface area contributed by atoms with Gasteiger partial charge in [0.1, 0.15) is 36.6 Å². The van der Waals surface area contributed by atoms with Crippen molar-refractivity contribution in [2.24, 2.45) is 0 Å². The number of amides is 1. The SMILES string of the molecule is CCCCCCCCCCCCCC/C=C\CCCCCCCCCC(O)C(=O)NC(COC1OC(CO)C(O)C(O)C1O)C(O)C(O)CCCCCCCCCCCCCCCCCC. The zero-order valence-electron chi connectivity index (χ0n) is 42.7. The van der Waals surface area contributed by atoms with Gasteiger partial charge in [-0.05, 0) is 38.5 Å². The predicted molar refractivity (Wildman–Crippen MR) is 270 cm³/mol. The summed E-state index contributed by atoms with van der Waals surface area (Å²) in [5.41, 5.74) is 0. The van der Waals surface area contributed by atoms with Crippen molar-refractivity contribution in [3.63, 3.8) is 0 Å². The maximum atomic E-state index is 13.2. The Morgan fingerprint density at radius 3 is 1.27 bits per heavy atom. The van der Waals surface area contributed by atoms with Gasteiger partial charge in [0.05, 0.1) is 25.4 Å². The van der Waals surface area contributed by atoms with Gasteiger partial charge in [0, 0.05) is 0 Å². The first-order chi connectivity index (χ1) is 32.2. The van der Waals surface area contributed by atoms with E-state index in [1.54, 1.807) is 0 Å². The molecule has 1 rings (SSSR count). The first-order valence-corrected chi connectivity index (χ1v) is 28.1. The first-order valence-electron chi connectivity index (χ1n) is 28.1. The number of aliphatic hydroxyl groups is 7. The van der Waals surface area contributed by atoms with Crippen LogP contribution in [0, 0.1) is 0 Å². The molecule has 0 aliphatic carbocycles. The van der Waals surface area contributed by atoms with Crippen LogP contribution in [0.3, 0.4) is 0 Å². The van der Waals surface area contributed by atoms with Crippen LogP contribution in [-0.2, 0) is 14.3 Å². The summed E-state index contributed by atoms with van der Waals surface area (Å²) >= 11 is 0. The molecule has 8 N–H and O–H groups in total. The Bertz CT molecular complexity index is 1080. The summed E-state index contributed by atoms with van der Waals surface area (Å²) in [6.07, 6.45) is 39.7. The number of rotatable bonds is 48. The zero-order valence-corrected chi connectivity index (χ0v) is 42.7. The van der Waals surface area contributed by atoms with Crippen molar-refractivity contribution in [3.8, 4) is 0 Å². The largest absolute Gasteiger partial charge is 0.394 e. The van der Waals surface area contributed by atoms with Crippen LogP contribution < -0.4 is 5.32 Å². The smallest absolute Gasteiger partial charge is 0.249 e. The third-order valence-corrected chi connectivity index (χ3v) is 13.8. The average Bonchev–Trinajstić information content (AvgIpc) is 3.32. The average molecular weight is 942 g/mol. The molecule has 0 spiro atoms. The molecule has 9 atom stereocenters. The summed E-state index contributed by atoms with van der Waals surface area (Å²) < 4.78 is 11.1. The van der Waals surface area contributed by atoms with Crippen molar-refractivity contribution >= 4 is 5.91 Å². The van der Waals surface area contributed by atoms with Gasteiger partial charge in [0.2, 0.25) is 5.91 Å². The molecule has 1 fully saturated rings. The summed E-state index contributed by atoms with van der Waals surface area (Å²) in [5, 5.41) is 76.1. The van der Waals surface area contributed by atoms with Crippen LogP contribution in [0.4, 0.5) is 0 Å². The summed E-state index contributed by atoms with van der Waals surface area (Å²) in [5.74, 6) is -0.696. The van der Waals surface area contributed by atoms with E-state index in [4.69, 9.17) is 9.47 Å². The van der Waals surface area contributed by atoms with Gasteiger partial charge in [-0.1, -0.05) is 238 Å². The number of ether oxygens (including phenoxy) is 2. The predicted octanol–water partition coefficient (Wildman–Crippen LogP) is 11.2. The van der Waals surface area contributed by atoms with Gasteiger partial charge >= 0.3 is 0 Å². The summed E-state index contributed by atoms with van der Waals surface area (Å²) in [6.45, 7) is 3.48. The van der Waals surface area contributed by atoms with E-state index in [2.05, 4.69) is 31.3 Å². The molecule has 1 aliphatic rings. The monoisotopic (exact) mass is 942 g/mol. The first kappa shape index (κ1) is 62.9. The van der Waals surface area contributed by atoms with Crippen molar-refractivity contribution < 1.29 is 50.0 Å². The van der Waals surface area contributed by atoms with Gasteiger partial charge in [-0.3, -0.25) is 4.79 Å². The Kier molecular flexibility index (Phi) is 42.9. The third-order valence-electron chi connectivity index (χ3n) is 13.8. The van der Waals surface area contributed by atoms with Gasteiger partial charge < -0.3 is 50.5 Å². The highest BCUT2D eigenvalue weighted by molar-refractivity contribution is 5.80. The Morgan fingerprint density at radius 1 is 0.515 bits per heavy atom. The molecule has 9 unspecified atom stereocenters. The fourth-order valence-electron chi connectivity index (χ4n) is 9.20. The summed E-state index contributed by atoms with van der Waals surface area (Å²) in [4.78, 5) is 13.2. The molecule has 1 amide bonds. The molecule has 0 bridgehead atoms. The molecule has 11 heteroatoms. The Morgan fingerprint density at radius 2 is 0.879 bits per heavy atom. The van der Waals surface area contributed by atoms with Crippen LogP contribution >= 0.6 is 0 Å². The molecule has 392 valence electrons. The van der Waals surface area contributed by atoms with E-state index >= 15 is 0 Å². The minimum absolute atomic E-state index is 0.258. The van der Waals surface area contributed by atoms with E-state index in [-0.39, 0.29) is 6.42 Å². The summed E-state index contributed by atoms with van der Waals surface area (Å²) in [7, 11) is 0. The van der Waals surface area contributed by atoms with Crippen molar-refractivity contribution in [2.45, 2.75) is 319 Å². The summed E-state index contributed by atoms with van der Waals surface area (Å²) in [6, 6.07) is -1.17. The van der Waals surface area contributed by atoms with E-state index in [9.17, 15) is 40.5 Å². The molecule has 0 aromatic rings. The molecule has 11 nitrogen and oxygen atoms in total. The molecule has 0 aromatic carbocycles. The van der Waals surface area contributed by atoms with E-state index in [1.807, 2.05) is 0 Å². The second-order valence-corrected chi connectivity index (χ2v) is 20.0. The maximum absolute atomic E-state index is 13.2. The van der Waals surface area contributed by atoms with Gasteiger partial charge in [-0.15, -0.1) is 0 Å². The number of nitrogens with one attached hydrogen (secondary N) is 1. The Hall–Kier alpha value is -1.15. The molecule has 66 heavy (non-hydrogen) atoms. The van der Waals surface area contributed by atoms with E-state index in [0.29, 0.717) is 19.3 Å².